The molecule has 0 aliphatic carbocycles. The highest BCUT2D eigenvalue weighted by atomic mass is 19.1. The Kier molecular flexibility index (Phi) is 3.87. The van der Waals surface area contributed by atoms with Crippen LogP contribution < -0.4 is 10.6 Å². The lowest BCUT2D eigenvalue weighted by Gasteiger charge is -2.23. The summed E-state index contributed by atoms with van der Waals surface area (Å²) in [5.74, 6) is 0.550. The van der Waals surface area contributed by atoms with Gasteiger partial charge in [-0.15, -0.1) is 10.2 Å². The van der Waals surface area contributed by atoms with Crippen molar-refractivity contribution < 1.29 is 4.39 Å². The molecule has 2 heterocycles. The number of nitrogens with one attached hydrogen (secondary N) is 2. The van der Waals surface area contributed by atoms with Crippen LogP contribution >= 0.6 is 0 Å². The van der Waals surface area contributed by atoms with Crippen molar-refractivity contribution in [2.75, 3.05) is 18.4 Å². The third-order valence-electron chi connectivity index (χ3n) is 3.50. The molecular weight excluding hydrogens is 255 g/mol. The topological polar surface area (TPSA) is 49.8 Å². The van der Waals surface area contributed by atoms with Gasteiger partial charge in [0.05, 0.1) is 5.69 Å². The third kappa shape index (κ3) is 3.11. The molecule has 2 N–H and O–H groups in total. The minimum atomic E-state index is -0.245. The van der Waals surface area contributed by atoms with Gasteiger partial charge >= 0.3 is 0 Å². The Labute approximate surface area is 117 Å². The highest BCUT2D eigenvalue weighted by Crippen LogP contribution is 2.18. The molecule has 0 radical (unpaired) electrons. The van der Waals surface area contributed by atoms with Crippen LogP contribution in [0.15, 0.2) is 36.4 Å². The first kappa shape index (κ1) is 13.0. The molecule has 20 heavy (non-hydrogen) atoms. The highest BCUT2D eigenvalue weighted by molar-refractivity contribution is 5.59. The van der Waals surface area contributed by atoms with Crippen LogP contribution in [0.25, 0.3) is 11.3 Å². The molecule has 1 aromatic carbocycles. The number of hydrogen-bond donors (Lipinski definition) is 2. The SMILES string of the molecule is Fc1ccc(-c2ccc(NC3CCNCC3)nn2)cc1. The number of nitrogens with zero attached hydrogens (tertiary/aromatic N) is 2. The molecule has 0 unspecified atom stereocenters. The molecule has 1 aliphatic rings. The molecule has 5 heteroatoms. The number of halogens is 1. The smallest absolute Gasteiger partial charge is 0.148 e. The van der Waals surface area contributed by atoms with Crippen molar-refractivity contribution >= 4 is 5.82 Å². The number of aromatic nitrogens is 2. The van der Waals surface area contributed by atoms with Crippen LogP contribution in [0.2, 0.25) is 0 Å². The number of rotatable bonds is 3. The minimum Gasteiger partial charge on any atom is -0.366 e. The van der Waals surface area contributed by atoms with E-state index >= 15 is 0 Å². The molecule has 3 rings (SSSR count). The molecule has 4 nitrogen and oxygen atoms in total. The summed E-state index contributed by atoms with van der Waals surface area (Å²) in [5.41, 5.74) is 1.62. The van der Waals surface area contributed by atoms with Gasteiger partial charge in [0.15, 0.2) is 0 Å². The van der Waals surface area contributed by atoms with E-state index in [0.29, 0.717) is 6.04 Å². The summed E-state index contributed by atoms with van der Waals surface area (Å²) in [5, 5.41) is 15.1. The first-order chi connectivity index (χ1) is 9.81. The van der Waals surface area contributed by atoms with E-state index in [1.54, 1.807) is 12.1 Å². The summed E-state index contributed by atoms with van der Waals surface area (Å²) < 4.78 is 12.9. The van der Waals surface area contributed by atoms with Crippen molar-refractivity contribution in [1.82, 2.24) is 15.5 Å². The van der Waals surface area contributed by atoms with E-state index in [-0.39, 0.29) is 5.82 Å². The fraction of sp³-hybridized carbons (Fsp3) is 0.333. The Morgan fingerprint density at radius 2 is 1.75 bits per heavy atom. The average Bonchev–Trinajstić information content (AvgIpc) is 2.50. The Morgan fingerprint density at radius 3 is 2.40 bits per heavy atom. The third-order valence-corrected chi connectivity index (χ3v) is 3.50. The van der Waals surface area contributed by atoms with E-state index in [2.05, 4.69) is 20.8 Å². The number of anilines is 1. The zero-order chi connectivity index (χ0) is 13.8. The van der Waals surface area contributed by atoms with E-state index < -0.39 is 0 Å². The largest absolute Gasteiger partial charge is 0.366 e. The molecule has 1 saturated heterocycles. The summed E-state index contributed by atoms with van der Waals surface area (Å²) in [6, 6.07) is 10.6. The molecule has 1 aliphatic heterocycles. The molecular formula is C15H17FN4. The molecule has 0 atom stereocenters. The molecule has 2 aromatic rings. The van der Waals surface area contributed by atoms with Gasteiger partial charge < -0.3 is 10.6 Å². The lowest BCUT2D eigenvalue weighted by molar-refractivity contribution is 0.478. The maximum atomic E-state index is 12.9. The van der Waals surface area contributed by atoms with Crippen molar-refractivity contribution in [3.05, 3.63) is 42.2 Å². The van der Waals surface area contributed by atoms with Crippen molar-refractivity contribution in [2.24, 2.45) is 0 Å². The van der Waals surface area contributed by atoms with Gasteiger partial charge in [0.1, 0.15) is 11.6 Å². The van der Waals surface area contributed by atoms with E-state index in [9.17, 15) is 4.39 Å². The fourth-order valence-electron chi connectivity index (χ4n) is 2.36. The molecule has 0 amide bonds. The van der Waals surface area contributed by atoms with Crippen molar-refractivity contribution in [2.45, 2.75) is 18.9 Å². The Bertz CT molecular complexity index is 547. The van der Waals surface area contributed by atoms with Crippen LogP contribution in [-0.4, -0.2) is 29.3 Å². The Balaban J connectivity index is 1.69. The number of hydrogen-bond acceptors (Lipinski definition) is 4. The second-order valence-electron chi connectivity index (χ2n) is 4.98. The predicted octanol–water partition coefficient (Wildman–Crippen LogP) is 2.45. The van der Waals surface area contributed by atoms with Gasteiger partial charge in [0, 0.05) is 11.6 Å². The Morgan fingerprint density at radius 1 is 1.00 bits per heavy atom. The maximum absolute atomic E-state index is 12.9. The molecule has 0 bridgehead atoms. The van der Waals surface area contributed by atoms with Crippen LogP contribution in [0.4, 0.5) is 10.2 Å². The number of benzene rings is 1. The monoisotopic (exact) mass is 272 g/mol. The lowest BCUT2D eigenvalue weighted by Crippen LogP contribution is -2.35. The van der Waals surface area contributed by atoms with E-state index in [0.717, 1.165) is 43.0 Å². The maximum Gasteiger partial charge on any atom is 0.148 e. The molecule has 1 fully saturated rings. The molecule has 104 valence electrons. The quantitative estimate of drug-likeness (QED) is 0.901. The van der Waals surface area contributed by atoms with E-state index in [1.165, 1.54) is 12.1 Å². The van der Waals surface area contributed by atoms with Gasteiger partial charge in [-0.2, -0.15) is 0 Å². The van der Waals surface area contributed by atoms with Gasteiger partial charge in [-0.25, -0.2) is 4.39 Å². The van der Waals surface area contributed by atoms with Gasteiger partial charge in [0.25, 0.3) is 0 Å². The lowest BCUT2D eigenvalue weighted by atomic mass is 10.1. The van der Waals surface area contributed by atoms with Crippen LogP contribution in [0, 0.1) is 5.82 Å². The van der Waals surface area contributed by atoms with Crippen LogP contribution in [0.1, 0.15) is 12.8 Å². The minimum absolute atomic E-state index is 0.245. The summed E-state index contributed by atoms with van der Waals surface area (Å²) in [7, 11) is 0. The molecule has 0 saturated carbocycles. The summed E-state index contributed by atoms with van der Waals surface area (Å²) in [4.78, 5) is 0. The van der Waals surface area contributed by atoms with Crippen molar-refractivity contribution in [3.63, 3.8) is 0 Å². The Hall–Kier alpha value is -2.01. The normalized spacial score (nSPS) is 16.1. The standard InChI is InChI=1S/C15H17FN4/c16-12-3-1-11(2-4-12)14-5-6-15(20-19-14)18-13-7-9-17-10-8-13/h1-6,13,17H,7-10H2,(H,18,20). The van der Waals surface area contributed by atoms with Crippen molar-refractivity contribution in [3.8, 4) is 11.3 Å². The van der Waals surface area contributed by atoms with Crippen molar-refractivity contribution in [1.29, 1.82) is 0 Å². The predicted molar refractivity (Wildman–Crippen MR) is 76.9 cm³/mol. The second-order valence-corrected chi connectivity index (χ2v) is 4.98. The van der Waals surface area contributed by atoms with E-state index in [1.807, 2.05) is 12.1 Å². The highest BCUT2D eigenvalue weighted by Gasteiger charge is 2.13. The van der Waals surface area contributed by atoms with Crippen LogP contribution in [-0.2, 0) is 0 Å². The van der Waals surface area contributed by atoms with Crippen LogP contribution in [0.3, 0.4) is 0 Å². The first-order valence-electron chi connectivity index (χ1n) is 6.88. The first-order valence-corrected chi connectivity index (χ1v) is 6.88. The van der Waals surface area contributed by atoms with Gasteiger partial charge in [0.2, 0.25) is 0 Å². The second kappa shape index (κ2) is 5.96. The fourth-order valence-corrected chi connectivity index (χ4v) is 2.36. The number of piperidine rings is 1. The van der Waals surface area contributed by atoms with Crippen LogP contribution in [0.5, 0.6) is 0 Å². The van der Waals surface area contributed by atoms with Gasteiger partial charge in [-0.3, -0.25) is 0 Å². The molecule has 0 spiro atoms. The zero-order valence-corrected chi connectivity index (χ0v) is 11.1. The average molecular weight is 272 g/mol. The molecule has 1 aromatic heterocycles. The van der Waals surface area contributed by atoms with Gasteiger partial charge in [-0.1, -0.05) is 0 Å². The summed E-state index contributed by atoms with van der Waals surface area (Å²) in [6.45, 7) is 2.08. The van der Waals surface area contributed by atoms with E-state index in [4.69, 9.17) is 0 Å². The summed E-state index contributed by atoms with van der Waals surface area (Å²) >= 11 is 0. The van der Waals surface area contributed by atoms with Gasteiger partial charge in [-0.05, 0) is 62.3 Å². The summed E-state index contributed by atoms with van der Waals surface area (Å²) in [6.07, 6.45) is 2.20. The zero-order valence-electron chi connectivity index (χ0n) is 11.1.